The van der Waals surface area contributed by atoms with E-state index >= 15 is 0 Å². The Morgan fingerprint density at radius 3 is 2.28 bits per heavy atom. The van der Waals surface area contributed by atoms with E-state index in [-0.39, 0.29) is 17.6 Å². The number of benzene rings is 4. The monoisotopic (exact) mass is 522 g/mol. The smallest absolute Gasteiger partial charge is 0.254 e. The lowest BCUT2D eigenvalue weighted by Crippen LogP contribution is -2.39. The molecule has 2 atom stereocenters. The summed E-state index contributed by atoms with van der Waals surface area (Å²) in [6.45, 7) is 5.02. The van der Waals surface area contributed by atoms with Gasteiger partial charge in [0, 0.05) is 31.1 Å². The van der Waals surface area contributed by atoms with Crippen molar-refractivity contribution in [1.82, 2.24) is 9.80 Å². The molecular formula is C34H35FN2O2. The molecule has 2 aliphatic heterocycles. The van der Waals surface area contributed by atoms with Gasteiger partial charge in [0.2, 0.25) is 0 Å². The number of ether oxygens (including phenoxy) is 1. The van der Waals surface area contributed by atoms with Crippen LogP contribution in [0.25, 0.3) is 10.8 Å². The minimum atomic E-state index is -0.177. The molecule has 2 aliphatic rings. The quantitative estimate of drug-likeness (QED) is 0.273. The van der Waals surface area contributed by atoms with E-state index in [1.54, 1.807) is 12.1 Å². The largest absolute Gasteiger partial charge is 0.493 e. The topological polar surface area (TPSA) is 32.8 Å². The summed E-state index contributed by atoms with van der Waals surface area (Å²) in [5.74, 6) is 1.88. The van der Waals surface area contributed by atoms with Crippen LogP contribution in [0.15, 0.2) is 97.1 Å². The van der Waals surface area contributed by atoms with Crippen LogP contribution in [0.3, 0.4) is 0 Å². The first-order valence-electron chi connectivity index (χ1n) is 14.1. The molecule has 1 unspecified atom stereocenters. The lowest BCUT2D eigenvalue weighted by Gasteiger charge is -2.34. The highest BCUT2D eigenvalue weighted by molar-refractivity contribution is 6.07. The summed E-state index contributed by atoms with van der Waals surface area (Å²) in [4.78, 5) is 18.4. The van der Waals surface area contributed by atoms with Crippen LogP contribution in [0.2, 0.25) is 0 Å². The van der Waals surface area contributed by atoms with Gasteiger partial charge in [-0.05, 0) is 84.4 Å². The molecule has 0 N–H and O–H groups in total. The number of rotatable bonds is 7. The van der Waals surface area contributed by atoms with Gasteiger partial charge in [0.05, 0.1) is 6.61 Å². The summed E-state index contributed by atoms with van der Waals surface area (Å²) in [5.41, 5.74) is 2.01. The van der Waals surface area contributed by atoms with Crippen LogP contribution in [0, 0.1) is 17.7 Å². The zero-order valence-electron chi connectivity index (χ0n) is 22.2. The van der Waals surface area contributed by atoms with Crippen molar-refractivity contribution in [2.24, 2.45) is 11.8 Å². The lowest BCUT2D eigenvalue weighted by molar-refractivity contribution is 0.0780. The number of hydrogen-bond donors (Lipinski definition) is 0. The number of hydrogen-bond acceptors (Lipinski definition) is 3. The minimum Gasteiger partial charge on any atom is -0.493 e. The molecule has 39 heavy (non-hydrogen) atoms. The minimum absolute atomic E-state index is 0.106. The fourth-order valence-electron chi connectivity index (χ4n) is 6.32. The number of piperidine rings is 1. The summed E-state index contributed by atoms with van der Waals surface area (Å²) in [6.07, 6.45) is 2.14. The molecule has 0 bridgehead atoms. The summed E-state index contributed by atoms with van der Waals surface area (Å²) in [5, 5.41) is 2.10. The van der Waals surface area contributed by atoms with Gasteiger partial charge < -0.3 is 14.5 Å². The molecule has 4 nitrogen and oxygen atoms in total. The molecule has 5 heteroatoms. The van der Waals surface area contributed by atoms with Crippen LogP contribution in [0.5, 0.6) is 5.75 Å². The number of amides is 1. The maximum Gasteiger partial charge on any atom is 0.254 e. The van der Waals surface area contributed by atoms with Crippen LogP contribution in [-0.2, 0) is 0 Å². The van der Waals surface area contributed by atoms with Crippen LogP contribution >= 0.6 is 0 Å². The Hall–Kier alpha value is -3.70. The number of fused-ring (bicyclic) bond motifs is 1. The SMILES string of the molecule is O=C(c1cccc2ccccc12)N1CC(CN2CCC(c3ccc(F)cc3)CC2)[C@H](COc2ccccc2)C1. The van der Waals surface area contributed by atoms with Gasteiger partial charge in [-0.1, -0.05) is 66.7 Å². The molecule has 0 spiro atoms. The second-order valence-corrected chi connectivity index (χ2v) is 11.0. The zero-order valence-corrected chi connectivity index (χ0v) is 22.2. The fourth-order valence-corrected chi connectivity index (χ4v) is 6.32. The molecule has 0 aliphatic carbocycles. The van der Waals surface area contributed by atoms with Crippen LogP contribution < -0.4 is 4.74 Å². The van der Waals surface area contributed by atoms with Gasteiger partial charge in [0.25, 0.3) is 5.91 Å². The van der Waals surface area contributed by atoms with Gasteiger partial charge in [-0.25, -0.2) is 4.39 Å². The fraction of sp³-hybridized carbons (Fsp3) is 0.324. The van der Waals surface area contributed by atoms with E-state index in [0.717, 1.165) is 61.1 Å². The molecule has 2 fully saturated rings. The van der Waals surface area contributed by atoms with Crippen molar-refractivity contribution in [2.75, 3.05) is 39.3 Å². The van der Waals surface area contributed by atoms with Crippen molar-refractivity contribution in [2.45, 2.75) is 18.8 Å². The van der Waals surface area contributed by atoms with Crippen molar-refractivity contribution in [1.29, 1.82) is 0 Å². The lowest BCUT2D eigenvalue weighted by atomic mass is 9.88. The predicted octanol–water partition coefficient (Wildman–Crippen LogP) is 6.63. The third kappa shape index (κ3) is 5.84. The average molecular weight is 523 g/mol. The number of para-hydroxylation sites is 1. The Labute approximate surface area is 230 Å². The van der Waals surface area contributed by atoms with Crippen molar-refractivity contribution in [3.05, 3.63) is 114 Å². The van der Waals surface area contributed by atoms with E-state index in [1.807, 2.05) is 77.7 Å². The molecule has 2 saturated heterocycles. The van der Waals surface area contributed by atoms with Crippen molar-refractivity contribution >= 4 is 16.7 Å². The van der Waals surface area contributed by atoms with E-state index < -0.39 is 0 Å². The first-order chi connectivity index (χ1) is 19.1. The molecule has 0 radical (unpaired) electrons. The Kier molecular flexibility index (Phi) is 7.60. The van der Waals surface area contributed by atoms with Gasteiger partial charge in [-0.2, -0.15) is 0 Å². The molecular weight excluding hydrogens is 487 g/mol. The van der Waals surface area contributed by atoms with Gasteiger partial charge >= 0.3 is 0 Å². The molecule has 200 valence electrons. The van der Waals surface area contributed by atoms with E-state index in [2.05, 4.69) is 17.0 Å². The Balaban J connectivity index is 1.15. The molecule has 1 amide bonds. The first kappa shape index (κ1) is 25.6. The number of nitrogens with zero attached hydrogens (tertiary/aromatic N) is 2. The summed E-state index contributed by atoms with van der Waals surface area (Å²) in [6, 6.07) is 31.0. The van der Waals surface area contributed by atoms with Crippen LogP contribution in [0.1, 0.15) is 34.7 Å². The predicted molar refractivity (Wildman–Crippen MR) is 154 cm³/mol. The zero-order chi connectivity index (χ0) is 26.6. The highest BCUT2D eigenvalue weighted by Gasteiger charge is 2.38. The van der Waals surface area contributed by atoms with Crippen molar-refractivity contribution in [3.63, 3.8) is 0 Å². The average Bonchev–Trinajstić information content (AvgIpc) is 3.39. The highest BCUT2D eigenvalue weighted by Crippen LogP contribution is 2.32. The molecule has 4 aromatic rings. The van der Waals surface area contributed by atoms with E-state index in [1.165, 1.54) is 5.56 Å². The molecule has 4 aromatic carbocycles. The molecule has 2 heterocycles. The summed E-state index contributed by atoms with van der Waals surface area (Å²) < 4.78 is 19.6. The van der Waals surface area contributed by atoms with Crippen molar-refractivity contribution in [3.8, 4) is 5.75 Å². The number of likely N-dealkylation sites (tertiary alicyclic amines) is 2. The van der Waals surface area contributed by atoms with E-state index in [4.69, 9.17) is 4.74 Å². The Morgan fingerprint density at radius 1 is 0.795 bits per heavy atom. The van der Waals surface area contributed by atoms with E-state index in [9.17, 15) is 9.18 Å². The van der Waals surface area contributed by atoms with Gasteiger partial charge in [0.1, 0.15) is 11.6 Å². The molecule has 6 rings (SSSR count). The second kappa shape index (κ2) is 11.6. The number of carbonyl (C=O) groups excluding carboxylic acids is 1. The Bertz CT molecular complexity index is 1390. The van der Waals surface area contributed by atoms with Gasteiger partial charge in [-0.15, -0.1) is 0 Å². The normalized spacial score (nSPS) is 20.4. The molecule has 0 aromatic heterocycles. The maximum atomic E-state index is 13.8. The van der Waals surface area contributed by atoms with Gasteiger partial charge in [-0.3, -0.25) is 4.79 Å². The van der Waals surface area contributed by atoms with Crippen molar-refractivity contribution < 1.29 is 13.9 Å². The Morgan fingerprint density at radius 2 is 1.49 bits per heavy atom. The van der Waals surface area contributed by atoms with Gasteiger partial charge in [0.15, 0.2) is 0 Å². The number of halogens is 1. The first-order valence-corrected chi connectivity index (χ1v) is 14.1. The highest BCUT2D eigenvalue weighted by atomic mass is 19.1. The van der Waals surface area contributed by atoms with E-state index in [0.29, 0.717) is 25.0 Å². The summed E-state index contributed by atoms with van der Waals surface area (Å²) >= 11 is 0. The third-order valence-electron chi connectivity index (χ3n) is 8.51. The molecule has 0 saturated carbocycles. The second-order valence-electron chi connectivity index (χ2n) is 11.0. The maximum absolute atomic E-state index is 13.8. The standard InChI is InChI=1S/C34H35FN2O2/c35-30-15-13-25(14-16-30)26-17-19-36(20-18-26)21-28-22-37(23-29(28)24-39-31-9-2-1-3-10-31)34(38)33-12-6-8-27-7-4-5-11-32(27)33/h1-16,26,28-29H,17-24H2/t28?,29-/m0/s1. The summed E-state index contributed by atoms with van der Waals surface area (Å²) in [7, 11) is 0. The number of carbonyl (C=O) groups is 1. The van der Waals surface area contributed by atoms with Crippen LogP contribution in [-0.4, -0.2) is 55.0 Å². The van der Waals surface area contributed by atoms with Crippen LogP contribution in [0.4, 0.5) is 4.39 Å². The third-order valence-corrected chi connectivity index (χ3v) is 8.51.